The van der Waals surface area contributed by atoms with E-state index in [-0.39, 0.29) is 6.04 Å². The Kier molecular flexibility index (Phi) is 2.51. The van der Waals surface area contributed by atoms with Gasteiger partial charge >= 0.3 is 0 Å². The van der Waals surface area contributed by atoms with E-state index in [4.69, 9.17) is 17.3 Å². The summed E-state index contributed by atoms with van der Waals surface area (Å²) in [4.78, 5) is 4.01. The van der Waals surface area contributed by atoms with Crippen LogP contribution in [0.3, 0.4) is 0 Å². The fourth-order valence-corrected chi connectivity index (χ4v) is 1.57. The van der Waals surface area contributed by atoms with Crippen molar-refractivity contribution in [2.45, 2.75) is 25.3 Å². The second kappa shape index (κ2) is 3.64. The van der Waals surface area contributed by atoms with Crippen molar-refractivity contribution in [3.63, 3.8) is 0 Å². The van der Waals surface area contributed by atoms with Crippen LogP contribution < -0.4 is 5.73 Å². The van der Waals surface area contributed by atoms with Gasteiger partial charge in [0.1, 0.15) is 5.15 Å². The predicted octanol–water partition coefficient (Wildman–Crippen LogP) is 2.53. The van der Waals surface area contributed by atoms with Crippen LogP contribution >= 0.6 is 11.6 Å². The first kappa shape index (κ1) is 8.97. The zero-order chi connectivity index (χ0) is 9.26. The molecule has 0 aromatic carbocycles. The van der Waals surface area contributed by atoms with Crippen molar-refractivity contribution in [3.05, 3.63) is 29.0 Å². The molecule has 1 aromatic heterocycles. The van der Waals surface area contributed by atoms with Gasteiger partial charge in [-0.3, -0.25) is 0 Å². The molecule has 2 N–H and O–H groups in total. The molecule has 1 atom stereocenters. The standard InChI is InChI=1S/C10H13ClN2/c11-10-4-3-8(6-13-10)9(12)5-7-1-2-7/h3-4,6-7,9H,1-2,5,12H2/t9-/m1/s1. The molecule has 2 nitrogen and oxygen atoms in total. The van der Waals surface area contributed by atoms with E-state index >= 15 is 0 Å². The fraction of sp³-hybridized carbons (Fsp3) is 0.500. The van der Waals surface area contributed by atoms with E-state index in [9.17, 15) is 0 Å². The Bertz CT molecular complexity index is 279. The van der Waals surface area contributed by atoms with Gasteiger partial charge in [-0.25, -0.2) is 4.98 Å². The lowest BCUT2D eigenvalue weighted by molar-refractivity contribution is 0.595. The van der Waals surface area contributed by atoms with Crippen LogP contribution in [0.1, 0.15) is 30.9 Å². The molecule has 0 unspecified atom stereocenters. The molecule has 0 bridgehead atoms. The molecule has 0 saturated heterocycles. The summed E-state index contributed by atoms with van der Waals surface area (Å²) in [5.41, 5.74) is 7.10. The normalized spacial score (nSPS) is 18.6. The Morgan fingerprint density at radius 1 is 1.54 bits per heavy atom. The molecule has 1 aliphatic rings. The van der Waals surface area contributed by atoms with Gasteiger partial charge in [0.15, 0.2) is 0 Å². The predicted molar refractivity (Wildman–Crippen MR) is 53.5 cm³/mol. The number of halogens is 1. The van der Waals surface area contributed by atoms with E-state index in [2.05, 4.69) is 4.98 Å². The van der Waals surface area contributed by atoms with Crippen LogP contribution in [-0.2, 0) is 0 Å². The minimum absolute atomic E-state index is 0.136. The van der Waals surface area contributed by atoms with Gasteiger partial charge in [-0.2, -0.15) is 0 Å². The molecular weight excluding hydrogens is 184 g/mol. The van der Waals surface area contributed by atoms with Crippen LogP contribution in [0.5, 0.6) is 0 Å². The zero-order valence-corrected chi connectivity index (χ0v) is 8.17. The maximum atomic E-state index is 6.00. The maximum absolute atomic E-state index is 6.00. The van der Waals surface area contributed by atoms with Gasteiger partial charge in [-0.15, -0.1) is 0 Å². The molecule has 1 aromatic rings. The SMILES string of the molecule is N[C@H](CC1CC1)c1ccc(Cl)nc1. The Labute approximate surface area is 83.1 Å². The van der Waals surface area contributed by atoms with Crippen LogP contribution in [0, 0.1) is 5.92 Å². The molecule has 0 aliphatic heterocycles. The van der Waals surface area contributed by atoms with Gasteiger partial charge < -0.3 is 5.73 Å². The molecule has 1 saturated carbocycles. The summed E-state index contributed by atoms with van der Waals surface area (Å²) >= 11 is 5.68. The lowest BCUT2D eigenvalue weighted by Gasteiger charge is -2.10. The first-order chi connectivity index (χ1) is 6.25. The summed E-state index contributed by atoms with van der Waals surface area (Å²) in [6.07, 6.45) is 5.54. The first-order valence-electron chi connectivity index (χ1n) is 4.63. The number of rotatable bonds is 3. The van der Waals surface area contributed by atoms with Gasteiger partial charge in [0.25, 0.3) is 0 Å². The molecule has 13 heavy (non-hydrogen) atoms. The molecule has 0 radical (unpaired) electrons. The number of aromatic nitrogens is 1. The molecule has 1 heterocycles. The molecule has 0 spiro atoms. The minimum Gasteiger partial charge on any atom is -0.324 e. The number of hydrogen-bond acceptors (Lipinski definition) is 2. The zero-order valence-electron chi connectivity index (χ0n) is 7.41. The third kappa shape index (κ3) is 2.42. The van der Waals surface area contributed by atoms with Crippen molar-refractivity contribution in [1.82, 2.24) is 4.98 Å². The Morgan fingerprint density at radius 3 is 2.85 bits per heavy atom. The third-order valence-electron chi connectivity index (χ3n) is 2.46. The molecule has 70 valence electrons. The second-order valence-corrected chi connectivity index (χ2v) is 4.09. The number of pyridine rings is 1. The Hall–Kier alpha value is -0.600. The highest BCUT2D eigenvalue weighted by Gasteiger charge is 2.24. The van der Waals surface area contributed by atoms with E-state index in [1.54, 1.807) is 12.3 Å². The molecular formula is C10H13ClN2. The van der Waals surface area contributed by atoms with Crippen LogP contribution in [-0.4, -0.2) is 4.98 Å². The first-order valence-corrected chi connectivity index (χ1v) is 5.00. The summed E-state index contributed by atoms with van der Waals surface area (Å²) in [5, 5.41) is 0.530. The average Bonchev–Trinajstić information content (AvgIpc) is 2.89. The van der Waals surface area contributed by atoms with E-state index in [0.717, 1.165) is 17.9 Å². The lowest BCUT2D eigenvalue weighted by atomic mass is 10.0. The van der Waals surface area contributed by atoms with Gasteiger partial charge in [-0.05, 0) is 24.0 Å². The maximum Gasteiger partial charge on any atom is 0.129 e. The molecule has 3 heteroatoms. The lowest BCUT2D eigenvalue weighted by Crippen LogP contribution is -2.11. The molecule has 1 aliphatic carbocycles. The summed E-state index contributed by atoms with van der Waals surface area (Å²) in [5.74, 6) is 0.852. The number of nitrogens with zero attached hydrogens (tertiary/aromatic N) is 1. The Morgan fingerprint density at radius 2 is 2.31 bits per heavy atom. The quantitative estimate of drug-likeness (QED) is 0.755. The van der Waals surface area contributed by atoms with Crippen LogP contribution in [0.4, 0.5) is 0 Å². The van der Waals surface area contributed by atoms with E-state index in [1.165, 1.54) is 12.8 Å². The highest BCUT2D eigenvalue weighted by Crippen LogP contribution is 2.36. The molecule has 0 amide bonds. The minimum atomic E-state index is 0.136. The number of nitrogens with two attached hydrogens (primary N) is 1. The largest absolute Gasteiger partial charge is 0.324 e. The van der Waals surface area contributed by atoms with Crippen LogP contribution in [0.15, 0.2) is 18.3 Å². The summed E-state index contributed by atoms with van der Waals surface area (Å²) < 4.78 is 0. The van der Waals surface area contributed by atoms with Crippen molar-refractivity contribution in [3.8, 4) is 0 Å². The second-order valence-electron chi connectivity index (χ2n) is 3.70. The van der Waals surface area contributed by atoms with E-state index in [1.807, 2.05) is 6.07 Å². The van der Waals surface area contributed by atoms with Crippen molar-refractivity contribution < 1.29 is 0 Å². The highest BCUT2D eigenvalue weighted by molar-refractivity contribution is 6.29. The summed E-state index contributed by atoms with van der Waals surface area (Å²) in [6, 6.07) is 3.89. The van der Waals surface area contributed by atoms with E-state index in [0.29, 0.717) is 5.15 Å². The summed E-state index contributed by atoms with van der Waals surface area (Å²) in [7, 11) is 0. The summed E-state index contributed by atoms with van der Waals surface area (Å²) in [6.45, 7) is 0. The van der Waals surface area contributed by atoms with Crippen molar-refractivity contribution in [1.29, 1.82) is 0 Å². The third-order valence-corrected chi connectivity index (χ3v) is 2.69. The van der Waals surface area contributed by atoms with Crippen molar-refractivity contribution >= 4 is 11.6 Å². The van der Waals surface area contributed by atoms with Crippen molar-refractivity contribution in [2.75, 3.05) is 0 Å². The average molecular weight is 197 g/mol. The van der Waals surface area contributed by atoms with Gasteiger partial charge in [0, 0.05) is 12.2 Å². The molecule has 1 fully saturated rings. The van der Waals surface area contributed by atoms with E-state index < -0.39 is 0 Å². The monoisotopic (exact) mass is 196 g/mol. The Balaban J connectivity index is 2.01. The van der Waals surface area contributed by atoms with Crippen molar-refractivity contribution in [2.24, 2.45) is 11.7 Å². The molecule has 2 rings (SSSR count). The van der Waals surface area contributed by atoms with Crippen LogP contribution in [0.2, 0.25) is 5.15 Å². The van der Waals surface area contributed by atoms with Gasteiger partial charge in [0.05, 0.1) is 0 Å². The van der Waals surface area contributed by atoms with Crippen LogP contribution in [0.25, 0.3) is 0 Å². The van der Waals surface area contributed by atoms with Gasteiger partial charge in [0.2, 0.25) is 0 Å². The highest BCUT2D eigenvalue weighted by atomic mass is 35.5. The fourth-order valence-electron chi connectivity index (χ4n) is 1.46. The number of hydrogen-bond donors (Lipinski definition) is 1. The van der Waals surface area contributed by atoms with Gasteiger partial charge in [-0.1, -0.05) is 30.5 Å². The smallest absolute Gasteiger partial charge is 0.129 e. The topological polar surface area (TPSA) is 38.9 Å².